The minimum atomic E-state index is -7.22. The van der Waals surface area contributed by atoms with Crippen LogP contribution >= 0.6 is 15.9 Å². The first-order valence-electron chi connectivity index (χ1n) is 17.3. The second-order valence-corrected chi connectivity index (χ2v) is 14.3. The van der Waals surface area contributed by atoms with E-state index in [0.717, 1.165) is 20.8 Å². The predicted octanol–water partition coefficient (Wildman–Crippen LogP) is 9.62. The first kappa shape index (κ1) is 48.0. The second-order valence-electron chi connectivity index (χ2n) is 13.4. The van der Waals surface area contributed by atoms with Crippen molar-refractivity contribution < 1.29 is 97.2 Å². The molecule has 0 bridgehead atoms. The standard InChI is InChI=1S/C24BF20.C17H13BrNO/c26-5-1(6(27)14(35)21(42)13(5)34)25(2-7(28)15(36)22(43)16(37)8(2)29,3-9(30)17(38)23(44)18(39)10(3)31)4-11(32)19(40)24(45)20(41)12(4)33;18-16-8-4-7-14-11-19(10-9-15(14)16)12-17(20)13-5-2-1-3-6-13/h;1-11H,12H2/q-1;+1. The maximum atomic E-state index is 15.4. The summed E-state index contributed by atoms with van der Waals surface area (Å²) in [5, 5.41) is 2.26. The SMILES string of the molecule is Fc1c(F)c(F)c([B-](c2c(F)c(F)c(F)c(F)c2F)(c2c(F)c(F)c(F)c(F)c2F)c2c(F)c(F)c(F)c(F)c2F)c(F)c1F.O=C(C[n+]1ccc2c(Br)cccc2c1)c1ccccc1. The first-order chi connectivity index (χ1) is 30.4. The van der Waals surface area contributed by atoms with Crippen LogP contribution in [-0.2, 0) is 6.54 Å². The molecule has 0 saturated carbocycles. The Labute approximate surface area is 357 Å². The highest BCUT2D eigenvalue weighted by Crippen LogP contribution is 2.31. The van der Waals surface area contributed by atoms with Crippen molar-refractivity contribution >= 4 is 60.5 Å². The number of benzene rings is 6. The summed E-state index contributed by atoms with van der Waals surface area (Å²) >= 11 is 3.53. The Hall–Kier alpha value is -6.46. The number of halogens is 21. The average molecular weight is 1010 g/mol. The van der Waals surface area contributed by atoms with Gasteiger partial charge in [-0.2, -0.15) is 4.57 Å². The van der Waals surface area contributed by atoms with Crippen molar-refractivity contribution in [2.45, 2.75) is 6.54 Å². The van der Waals surface area contributed by atoms with E-state index in [-0.39, 0.29) is 5.78 Å². The van der Waals surface area contributed by atoms with Crippen LogP contribution in [0.1, 0.15) is 10.4 Å². The van der Waals surface area contributed by atoms with Crippen molar-refractivity contribution in [2.75, 3.05) is 0 Å². The lowest BCUT2D eigenvalue weighted by Gasteiger charge is -2.44. The number of carbonyl (C=O) groups excluding carboxylic acids is 1. The average Bonchev–Trinajstić information content (AvgIpc) is 3.29. The van der Waals surface area contributed by atoms with Crippen LogP contribution in [0.25, 0.3) is 10.8 Å². The van der Waals surface area contributed by atoms with Crippen LogP contribution in [0.5, 0.6) is 0 Å². The molecule has 0 N–H and O–H groups in total. The van der Waals surface area contributed by atoms with Gasteiger partial charge in [0, 0.05) is 26.9 Å². The lowest BCUT2D eigenvalue weighted by molar-refractivity contribution is -0.681. The Morgan fingerprint density at radius 3 is 1.03 bits per heavy atom. The van der Waals surface area contributed by atoms with E-state index in [4.69, 9.17) is 0 Å². The molecule has 0 amide bonds. The number of pyridine rings is 1. The largest absolute Gasteiger partial charge is 0.287 e. The summed E-state index contributed by atoms with van der Waals surface area (Å²) in [6, 6.07) is 17.5. The van der Waals surface area contributed by atoms with Gasteiger partial charge in [0.15, 0.2) is 82.2 Å². The molecule has 0 aliphatic rings. The molecule has 65 heavy (non-hydrogen) atoms. The molecule has 0 unspecified atom stereocenters. The molecule has 0 radical (unpaired) electrons. The molecule has 1 aromatic heterocycles. The van der Waals surface area contributed by atoms with Gasteiger partial charge in [-0.3, -0.25) is 4.79 Å². The second kappa shape index (κ2) is 17.8. The molecule has 0 saturated heterocycles. The molecule has 0 fully saturated rings. The van der Waals surface area contributed by atoms with Gasteiger partial charge in [-0.05, 0) is 12.1 Å². The van der Waals surface area contributed by atoms with Gasteiger partial charge in [-0.1, -0.05) is 52.3 Å². The van der Waals surface area contributed by atoms with Gasteiger partial charge in [0.05, 0.1) is 0 Å². The Kier molecular flexibility index (Phi) is 13.2. The van der Waals surface area contributed by atoms with Gasteiger partial charge >= 0.3 is 0 Å². The van der Waals surface area contributed by atoms with Crippen molar-refractivity contribution in [1.29, 1.82) is 0 Å². The summed E-state index contributed by atoms with van der Waals surface area (Å²) in [7, 11) is 0. The number of carbonyl (C=O) groups is 1. The fraction of sp³-hybridized carbons (Fsp3) is 0.0244. The minimum Gasteiger partial charge on any atom is -0.287 e. The number of nitrogens with zero attached hydrogens (tertiary/aromatic N) is 1. The summed E-state index contributed by atoms with van der Waals surface area (Å²) in [4.78, 5) is 12.2. The number of rotatable bonds is 7. The normalized spacial score (nSPS) is 11.6. The fourth-order valence-electron chi connectivity index (χ4n) is 7.09. The third-order valence-corrected chi connectivity index (χ3v) is 10.6. The monoisotopic (exact) mass is 1000 g/mol. The predicted molar refractivity (Wildman–Crippen MR) is 192 cm³/mol. The van der Waals surface area contributed by atoms with E-state index < -0.39 is 144 Å². The van der Waals surface area contributed by atoms with E-state index in [1.807, 2.05) is 71.6 Å². The Bertz CT molecular complexity index is 2730. The van der Waals surface area contributed by atoms with E-state index in [1.165, 1.54) is 0 Å². The number of Topliss-reactive ketones (excluding diaryl/α,β-unsaturated/α-hetero) is 1. The molecule has 2 nitrogen and oxygen atoms in total. The fourth-order valence-corrected chi connectivity index (χ4v) is 7.60. The maximum absolute atomic E-state index is 15.4. The molecule has 0 atom stereocenters. The zero-order valence-electron chi connectivity index (χ0n) is 30.9. The molecule has 338 valence electrons. The molecule has 6 aromatic carbocycles. The number of aromatic nitrogens is 1. The number of fused-ring (bicyclic) bond motifs is 1. The van der Waals surface area contributed by atoms with E-state index >= 15 is 35.1 Å². The molecular weight excluding hydrogens is 993 g/mol. The van der Waals surface area contributed by atoms with Crippen LogP contribution in [0, 0.1) is 116 Å². The summed E-state index contributed by atoms with van der Waals surface area (Å²) in [5.74, 6) is -71.3. The number of hydrogen-bond acceptors (Lipinski definition) is 1. The number of hydrogen-bond donors (Lipinski definition) is 0. The highest BCUT2D eigenvalue weighted by Gasteiger charge is 2.52. The summed E-state index contributed by atoms with van der Waals surface area (Å²) in [6.07, 6.45) is -3.28. The number of ketones is 1. The zero-order chi connectivity index (χ0) is 48.3. The third kappa shape index (κ3) is 7.63. The topological polar surface area (TPSA) is 20.9 Å². The van der Waals surface area contributed by atoms with Gasteiger partial charge in [-0.25, -0.2) is 87.8 Å². The summed E-state index contributed by atoms with van der Waals surface area (Å²) < 4.78 is 297. The van der Waals surface area contributed by atoms with Crippen molar-refractivity contribution in [3.8, 4) is 0 Å². The van der Waals surface area contributed by atoms with Crippen LogP contribution in [0.3, 0.4) is 0 Å². The molecule has 0 aliphatic carbocycles. The Morgan fingerprint density at radius 2 is 0.708 bits per heavy atom. The molecule has 1 heterocycles. The van der Waals surface area contributed by atoms with Crippen LogP contribution in [0.15, 0.2) is 71.5 Å². The Morgan fingerprint density at radius 1 is 0.400 bits per heavy atom. The zero-order valence-corrected chi connectivity index (χ0v) is 32.5. The van der Waals surface area contributed by atoms with Crippen LogP contribution < -0.4 is 26.4 Å². The molecular formula is C41H13BBrF20NO. The van der Waals surface area contributed by atoms with Gasteiger partial charge in [0.25, 0.3) is 0 Å². The van der Waals surface area contributed by atoms with Crippen molar-refractivity contribution in [2.24, 2.45) is 0 Å². The molecule has 0 aliphatic heterocycles. The van der Waals surface area contributed by atoms with Crippen LogP contribution in [0.2, 0.25) is 0 Å². The summed E-state index contributed by atoms with van der Waals surface area (Å²) in [6.45, 7) is 0.354. The van der Waals surface area contributed by atoms with Gasteiger partial charge in [0.1, 0.15) is 52.7 Å². The quantitative estimate of drug-likeness (QED) is 0.0390. The highest BCUT2D eigenvalue weighted by molar-refractivity contribution is 9.10. The minimum absolute atomic E-state index is 0.116. The van der Waals surface area contributed by atoms with E-state index in [2.05, 4.69) is 15.9 Å². The smallest absolute Gasteiger partial charge is 0.227 e. The van der Waals surface area contributed by atoms with Gasteiger partial charge < -0.3 is 0 Å². The molecule has 24 heteroatoms. The molecule has 7 rings (SSSR count). The van der Waals surface area contributed by atoms with Crippen LogP contribution in [0.4, 0.5) is 87.8 Å². The summed E-state index contributed by atoms with van der Waals surface area (Å²) in [5.41, 5.74) is -13.6. The van der Waals surface area contributed by atoms with E-state index in [0.29, 0.717) is 6.54 Å². The highest BCUT2D eigenvalue weighted by atomic mass is 79.9. The lowest BCUT2D eigenvalue weighted by Crippen LogP contribution is -2.81. The Balaban J connectivity index is 0.000000289. The van der Waals surface area contributed by atoms with E-state index in [9.17, 15) is 57.5 Å². The van der Waals surface area contributed by atoms with Crippen molar-refractivity contribution in [1.82, 2.24) is 0 Å². The van der Waals surface area contributed by atoms with Crippen molar-refractivity contribution in [3.05, 3.63) is 193 Å². The maximum Gasteiger partial charge on any atom is 0.227 e. The van der Waals surface area contributed by atoms with Gasteiger partial charge in [0.2, 0.25) is 12.3 Å². The van der Waals surface area contributed by atoms with Gasteiger partial charge in [-0.15, -0.1) is 21.9 Å². The van der Waals surface area contributed by atoms with Crippen molar-refractivity contribution in [3.63, 3.8) is 0 Å². The first-order valence-corrected chi connectivity index (χ1v) is 18.1. The van der Waals surface area contributed by atoms with Crippen LogP contribution in [-0.4, -0.2) is 11.9 Å². The lowest BCUT2D eigenvalue weighted by atomic mass is 9.12. The third-order valence-electron chi connectivity index (χ3n) is 9.95. The van der Waals surface area contributed by atoms with E-state index in [1.54, 1.807) is 0 Å². The molecule has 0 spiro atoms. The molecule has 7 aromatic rings.